The van der Waals surface area contributed by atoms with Crippen molar-refractivity contribution >= 4 is 6.08 Å². The summed E-state index contributed by atoms with van der Waals surface area (Å²) in [5.74, 6) is 0. The minimum absolute atomic E-state index is 0.0206. The summed E-state index contributed by atoms with van der Waals surface area (Å²) in [6.07, 6.45) is 16.2. The number of unbranched alkanes of at least 4 members (excludes halogenated alkanes) is 5. The Labute approximate surface area is 159 Å². The highest BCUT2D eigenvalue weighted by Gasteiger charge is 2.07. The van der Waals surface area contributed by atoms with Crippen LogP contribution >= 0.6 is 0 Å². The van der Waals surface area contributed by atoms with Crippen LogP contribution in [0.4, 0.5) is 0 Å². The average molecular weight is 349 g/mol. The SMILES string of the molecule is CCCCCCCCOC(/C=C/C=C/c1ccccc1)c1ccccc1. The molecule has 138 valence electrons. The number of ether oxygens (including phenoxy) is 1. The van der Waals surface area contributed by atoms with Crippen molar-refractivity contribution in [2.24, 2.45) is 0 Å². The third kappa shape index (κ3) is 8.31. The van der Waals surface area contributed by atoms with Crippen LogP contribution in [0.3, 0.4) is 0 Å². The molecule has 1 heteroatoms. The Morgan fingerprint density at radius 1 is 0.769 bits per heavy atom. The molecule has 2 rings (SSSR count). The molecule has 1 unspecified atom stereocenters. The van der Waals surface area contributed by atoms with Crippen molar-refractivity contribution < 1.29 is 4.74 Å². The molecule has 0 aliphatic carbocycles. The standard InChI is InChI=1S/C25H32O/c1-2-3-4-5-6-15-22-26-25(24-19-11-8-12-20-24)21-14-13-18-23-16-9-7-10-17-23/h7-14,16-21,25H,2-6,15,22H2,1H3/b18-13+,21-14+. The smallest absolute Gasteiger partial charge is 0.101 e. The van der Waals surface area contributed by atoms with Gasteiger partial charge in [-0.25, -0.2) is 0 Å². The van der Waals surface area contributed by atoms with Gasteiger partial charge in [0.05, 0.1) is 0 Å². The first-order valence-electron chi connectivity index (χ1n) is 9.96. The minimum Gasteiger partial charge on any atom is -0.369 e. The molecule has 1 atom stereocenters. The van der Waals surface area contributed by atoms with Crippen molar-refractivity contribution in [1.29, 1.82) is 0 Å². The van der Waals surface area contributed by atoms with Gasteiger partial charge in [0.25, 0.3) is 0 Å². The lowest BCUT2D eigenvalue weighted by Gasteiger charge is -2.14. The van der Waals surface area contributed by atoms with Gasteiger partial charge in [-0.05, 0) is 17.5 Å². The van der Waals surface area contributed by atoms with Crippen LogP contribution in [0.5, 0.6) is 0 Å². The maximum atomic E-state index is 6.17. The molecule has 0 amide bonds. The van der Waals surface area contributed by atoms with E-state index in [9.17, 15) is 0 Å². The van der Waals surface area contributed by atoms with E-state index >= 15 is 0 Å². The second-order valence-corrected chi connectivity index (χ2v) is 6.62. The predicted octanol–water partition coefficient (Wildman–Crippen LogP) is 7.37. The Kier molecular flexibility index (Phi) is 10.2. The predicted molar refractivity (Wildman–Crippen MR) is 113 cm³/mol. The molecular formula is C25H32O. The van der Waals surface area contributed by atoms with Gasteiger partial charge in [-0.1, -0.05) is 124 Å². The quantitative estimate of drug-likeness (QED) is 0.287. The van der Waals surface area contributed by atoms with Crippen molar-refractivity contribution in [2.75, 3.05) is 6.61 Å². The van der Waals surface area contributed by atoms with Crippen LogP contribution in [-0.4, -0.2) is 6.61 Å². The molecule has 26 heavy (non-hydrogen) atoms. The van der Waals surface area contributed by atoms with E-state index in [1.807, 2.05) is 12.1 Å². The molecule has 0 saturated carbocycles. The average Bonchev–Trinajstić information content (AvgIpc) is 2.70. The van der Waals surface area contributed by atoms with Crippen LogP contribution in [-0.2, 0) is 4.74 Å². The topological polar surface area (TPSA) is 9.23 Å². The molecule has 1 nitrogen and oxygen atoms in total. The Morgan fingerprint density at radius 2 is 1.42 bits per heavy atom. The zero-order chi connectivity index (χ0) is 18.3. The van der Waals surface area contributed by atoms with E-state index in [0.29, 0.717) is 0 Å². The van der Waals surface area contributed by atoms with Gasteiger partial charge >= 0.3 is 0 Å². The van der Waals surface area contributed by atoms with Crippen molar-refractivity contribution in [3.8, 4) is 0 Å². The second kappa shape index (κ2) is 13.1. The molecule has 0 spiro atoms. The van der Waals surface area contributed by atoms with Gasteiger partial charge in [-0.3, -0.25) is 0 Å². The van der Waals surface area contributed by atoms with Crippen molar-refractivity contribution in [1.82, 2.24) is 0 Å². The number of benzene rings is 2. The van der Waals surface area contributed by atoms with E-state index in [4.69, 9.17) is 4.74 Å². The van der Waals surface area contributed by atoms with E-state index in [2.05, 4.69) is 79.8 Å². The van der Waals surface area contributed by atoms with E-state index in [-0.39, 0.29) is 6.10 Å². The summed E-state index contributed by atoms with van der Waals surface area (Å²) in [4.78, 5) is 0. The number of rotatable bonds is 12. The van der Waals surface area contributed by atoms with Crippen molar-refractivity contribution in [3.63, 3.8) is 0 Å². The summed E-state index contributed by atoms with van der Waals surface area (Å²) >= 11 is 0. The first-order chi connectivity index (χ1) is 12.9. The van der Waals surface area contributed by atoms with Crippen LogP contribution in [0.25, 0.3) is 6.08 Å². The van der Waals surface area contributed by atoms with Crippen LogP contribution in [0.15, 0.2) is 78.9 Å². The number of hydrogen-bond acceptors (Lipinski definition) is 1. The molecule has 2 aromatic carbocycles. The molecule has 0 N–H and O–H groups in total. The van der Waals surface area contributed by atoms with Crippen molar-refractivity contribution in [3.05, 3.63) is 90.0 Å². The van der Waals surface area contributed by atoms with Gasteiger partial charge in [-0.15, -0.1) is 0 Å². The molecular weight excluding hydrogens is 316 g/mol. The third-order valence-corrected chi connectivity index (χ3v) is 4.41. The lowest BCUT2D eigenvalue weighted by Crippen LogP contribution is -2.03. The molecule has 0 aliphatic heterocycles. The maximum Gasteiger partial charge on any atom is 0.101 e. The molecule has 0 heterocycles. The van der Waals surface area contributed by atoms with Gasteiger partial charge in [0, 0.05) is 6.61 Å². The summed E-state index contributed by atoms with van der Waals surface area (Å²) in [5, 5.41) is 0. The fourth-order valence-electron chi connectivity index (χ4n) is 2.89. The zero-order valence-corrected chi connectivity index (χ0v) is 16.0. The van der Waals surface area contributed by atoms with E-state index in [1.54, 1.807) is 0 Å². The molecule has 0 saturated heterocycles. The van der Waals surface area contributed by atoms with Crippen LogP contribution in [0.1, 0.15) is 62.7 Å². The van der Waals surface area contributed by atoms with Crippen LogP contribution < -0.4 is 0 Å². The molecule has 0 radical (unpaired) electrons. The molecule has 2 aromatic rings. The first-order valence-corrected chi connectivity index (χ1v) is 9.96. The Bertz CT molecular complexity index is 628. The lowest BCUT2D eigenvalue weighted by atomic mass is 10.1. The minimum atomic E-state index is 0.0206. The fourth-order valence-corrected chi connectivity index (χ4v) is 2.89. The zero-order valence-electron chi connectivity index (χ0n) is 16.0. The Balaban J connectivity index is 1.84. The monoisotopic (exact) mass is 348 g/mol. The molecule has 0 aliphatic rings. The highest BCUT2D eigenvalue weighted by Crippen LogP contribution is 2.19. The maximum absolute atomic E-state index is 6.17. The third-order valence-electron chi connectivity index (χ3n) is 4.41. The van der Waals surface area contributed by atoms with Gasteiger partial charge < -0.3 is 4.74 Å². The summed E-state index contributed by atoms with van der Waals surface area (Å²) in [6, 6.07) is 20.8. The summed E-state index contributed by atoms with van der Waals surface area (Å²) in [5.41, 5.74) is 2.42. The van der Waals surface area contributed by atoms with Gasteiger partial charge in [0.1, 0.15) is 6.10 Å². The lowest BCUT2D eigenvalue weighted by molar-refractivity contribution is 0.0819. The van der Waals surface area contributed by atoms with Gasteiger partial charge in [0.2, 0.25) is 0 Å². The van der Waals surface area contributed by atoms with Gasteiger partial charge in [0.15, 0.2) is 0 Å². The summed E-state index contributed by atoms with van der Waals surface area (Å²) < 4.78 is 6.17. The molecule has 0 aromatic heterocycles. The van der Waals surface area contributed by atoms with Gasteiger partial charge in [-0.2, -0.15) is 0 Å². The number of hydrogen-bond donors (Lipinski definition) is 0. The fraction of sp³-hybridized carbons (Fsp3) is 0.360. The van der Waals surface area contributed by atoms with Crippen molar-refractivity contribution in [2.45, 2.75) is 51.6 Å². The van der Waals surface area contributed by atoms with Crippen LogP contribution in [0.2, 0.25) is 0 Å². The van der Waals surface area contributed by atoms with E-state index in [0.717, 1.165) is 13.0 Å². The second-order valence-electron chi connectivity index (χ2n) is 6.62. The number of allylic oxidation sites excluding steroid dienone is 2. The van der Waals surface area contributed by atoms with E-state index < -0.39 is 0 Å². The molecule has 0 bridgehead atoms. The Hall–Kier alpha value is -2.12. The van der Waals surface area contributed by atoms with Crippen LogP contribution in [0, 0.1) is 0 Å². The first kappa shape index (κ1) is 20.2. The normalized spacial score (nSPS) is 12.8. The summed E-state index contributed by atoms with van der Waals surface area (Å²) in [6.45, 7) is 3.07. The van der Waals surface area contributed by atoms with E-state index in [1.165, 1.54) is 43.2 Å². The highest BCUT2D eigenvalue weighted by atomic mass is 16.5. The Morgan fingerprint density at radius 3 is 2.15 bits per heavy atom. The molecule has 0 fully saturated rings. The highest BCUT2D eigenvalue weighted by molar-refractivity contribution is 5.50. The largest absolute Gasteiger partial charge is 0.369 e. The summed E-state index contributed by atoms with van der Waals surface area (Å²) in [7, 11) is 0.